The molecule has 0 amide bonds. The molecule has 0 radical (unpaired) electrons. The van der Waals surface area contributed by atoms with E-state index >= 15 is 0 Å². The van der Waals surface area contributed by atoms with Gasteiger partial charge in [0.05, 0.1) is 44.5 Å². The summed E-state index contributed by atoms with van der Waals surface area (Å²) in [6, 6.07) is 102. The van der Waals surface area contributed by atoms with Crippen LogP contribution >= 0.6 is 0 Å². The molecule has 0 aliphatic carbocycles. The molecule has 3 nitrogen and oxygen atoms in total. The molecule has 3 heterocycles. The molecule has 0 N–H and O–H groups in total. The highest BCUT2D eigenvalue weighted by Gasteiger charge is 2.44. The highest BCUT2D eigenvalue weighted by atomic mass is 28.3. The Morgan fingerprint density at radius 2 is 0.686 bits per heavy atom. The van der Waals surface area contributed by atoms with E-state index < -0.39 is 8.07 Å². The van der Waals surface area contributed by atoms with Crippen LogP contribution in [0.1, 0.15) is 0 Å². The van der Waals surface area contributed by atoms with E-state index in [1.807, 2.05) is 0 Å². The Labute approximate surface area is 407 Å². The van der Waals surface area contributed by atoms with Crippen molar-refractivity contribution in [3.63, 3.8) is 0 Å². The lowest BCUT2D eigenvalue weighted by atomic mass is 10.1. The van der Waals surface area contributed by atoms with Gasteiger partial charge in [-0.25, -0.2) is 0 Å². The Kier molecular flexibility index (Phi) is 9.23. The van der Waals surface area contributed by atoms with E-state index in [1.54, 1.807) is 0 Å². The first-order valence-corrected chi connectivity index (χ1v) is 26.2. The van der Waals surface area contributed by atoms with E-state index in [1.165, 1.54) is 86.3 Å². The molecular formula is C66H45N3Si. The topological polar surface area (TPSA) is 14.8 Å². The second-order valence-electron chi connectivity index (χ2n) is 18.4. The Hall–Kier alpha value is -8.96. The highest BCUT2D eigenvalue weighted by Crippen LogP contribution is 2.43. The minimum Gasteiger partial charge on any atom is -0.309 e. The first-order chi connectivity index (χ1) is 34.8. The van der Waals surface area contributed by atoms with Crippen molar-refractivity contribution in [2.45, 2.75) is 0 Å². The van der Waals surface area contributed by atoms with Gasteiger partial charge >= 0.3 is 0 Å². The number of nitrogens with zero attached hydrogens (tertiary/aromatic N) is 3. The van der Waals surface area contributed by atoms with Gasteiger partial charge < -0.3 is 13.7 Å². The van der Waals surface area contributed by atoms with Crippen LogP contribution in [-0.4, -0.2) is 21.8 Å². The Morgan fingerprint density at radius 3 is 1.26 bits per heavy atom. The molecule has 4 heteroatoms. The molecule has 11 aromatic carbocycles. The van der Waals surface area contributed by atoms with Gasteiger partial charge in [0.2, 0.25) is 0 Å². The van der Waals surface area contributed by atoms with E-state index in [0.717, 1.165) is 28.1 Å². The molecule has 14 aromatic rings. The zero-order valence-corrected chi connectivity index (χ0v) is 39.3. The number of rotatable bonds is 8. The maximum Gasteiger partial charge on any atom is 0.181 e. The van der Waals surface area contributed by atoms with Crippen LogP contribution in [0.15, 0.2) is 273 Å². The molecule has 0 aliphatic rings. The quantitative estimate of drug-likeness (QED) is 0.107. The number of hydrogen-bond donors (Lipinski definition) is 0. The summed E-state index contributed by atoms with van der Waals surface area (Å²) >= 11 is 0. The first-order valence-electron chi connectivity index (χ1n) is 24.2. The Balaban J connectivity index is 1.21. The number of benzene rings is 11. The molecule has 70 heavy (non-hydrogen) atoms. The molecule has 328 valence electrons. The van der Waals surface area contributed by atoms with Crippen molar-refractivity contribution in [1.29, 1.82) is 0 Å². The van der Waals surface area contributed by atoms with Crippen molar-refractivity contribution in [3.05, 3.63) is 273 Å². The minimum atomic E-state index is -3.17. The highest BCUT2D eigenvalue weighted by molar-refractivity contribution is 7.20. The van der Waals surface area contributed by atoms with Crippen LogP contribution in [0.2, 0.25) is 0 Å². The maximum absolute atomic E-state index is 3.17. The summed E-state index contributed by atoms with van der Waals surface area (Å²) in [7, 11) is -3.17. The standard InChI is InChI=1S/C66H45N3Si/c1-5-23-46(24-6-1)47-25-21-26-48(45-47)67-57-38-17-15-35-54(57)55-37-22-42-62(65(55)67)69-60-41-20-16-36-56(60)64-61(68-58-39-18-13-33-52(58)53-34-14-19-40-59(53)68)43-44-63(66(64)69)70(49-27-7-2-8-28-49,50-29-9-3-10-30-50)51-31-11-4-12-32-51/h1-45H. The predicted molar refractivity (Wildman–Crippen MR) is 299 cm³/mol. The van der Waals surface area contributed by atoms with Crippen molar-refractivity contribution < 1.29 is 0 Å². The van der Waals surface area contributed by atoms with Gasteiger partial charge in [0.1, 0.15) is 0 Å². The van der Waals surface area contributed by atoms with Gasteiger partial charge in [0.15, 0.2) is 8.07 Å². The summed E-state index contributed by atoms with van der Waals surface area (Å²) in [6.07, 6.45) is 0. The lowest BCUT2D eigenvalue weighted by Crippen LogP contribution is -2.75. The van der Waals surface area contributed by atoms with Gasteiger partial charge in [0.25, 0.3) is 0 Å². The third kappa shape index (κ3) is 5.87. The third-order valence-corrected chi connectivity index (χ3v) is 19.6. The van der Waals surface area contributed by atoms with Gasteiger partial charge in [-0.2, -0.15) is 0 Å². The summed E-state index contributed by atoms with van der Waals surface area (Å²) in [5.41, 5.74) is 12.9. The summed E-state index contributed by atoms with van der Waals surface area (Å²) < 4.78 is 7.68. The number of aromatic nitrogens is 3. The second-order valence-corrected chi connectivity index (χ2v) is 22.1. The van der Waals surface area contributed by atoms with Gasteiger partial charge in [-0.15, -0.1) is 0 Å². The smallest absolute Gasteiger partial charge is 0.181 e. The number of fused-ring (bicyclic) bond motifs is 9. The normalized spacial score (nSPS) is 12.0. The molecule has 3 aromatic heterocycles. The van der Waals surface area contributed by atoms with Crippen molar-refractivity contribution >= 4 is 94.2 Å². The van der Waals surface area contributed by atoms with Crippen LogP contribution in [0.25, 0.3) is 93.6 Å². The van der Waals surface area contributed by atoms with E-state index in [-0.39, 0.29) is 0 Å². The van der Waals surface area contributed by atoms with Gasteiger partial charge in [-0.3, -0.25) is 0 Å². The Morgan fingerprint density at radius 1 is 0.257 bits per heavy atom. The largest absolute Gasteiger partial charge is 0.309 e. The maximum atomic E-state index is 2.65. The van der Waals surface area contributed by atoms with Crippen molar-refractivity contribution in [3.8, 4) is 28.2 Å². The third-order valence-electron chi connectivity index (χ3n) is 14.8. The van der Waals surface area contributed by atoms with Crippen LogP contribution in [0.5, 0.6) is 0 Å². The van der Waals surface area contributed by atoms with E-state index in [9.17, 15) is 0 Å². The fourth-order valence-corrected chi connectivity index (χ4v) is 16.9. The lowest BCUT2D eigenvalue weighted by Gasteiger charge is -2.35. The fraction of sp³-hybridized carbons (Fsp3) is 0. The van der Waals surface area contributed by atoms with Crippen LogP contribution in [-0.2, 0) is 0 Å². The van der Waals surface area contributed by atoms with Crippen LogP contribution in [0.4, 0.5) is 0 Å². The average Bonchev–Trinajstić information content (AvgIpc) is 4.09. The van der Waals surface area contributed by atoms with Gasteiger partial charge in [-0.1, -0.05) is 224 Å². The summed E-state index contributed by atoms with van der Waals surface area (Å²) in [5, 5.41) is 12.7. The summed E-state index contributed by atoms with van der Waals surface area (Å²) in [5.74, 6) is 0. The molecule has 0 saturated carbocycles. The van der Waals surface area contributed by atoms with E-state index in [2.05, 4.69) is 287 Å². The monoisotopic (exact) mass is 907 g/mol. The van der Waals surface area contributed by atoms with Gasteiger partial charge in [0, 0.05) is 38.0 Å². The number of para-hydroxylation sites is 5. The number of hydrogen-bond acceptors (Lipinski definition) is 0. The SMILES string of the molecule is c1ccc(-c2cccc(-n3c4ccccc4c4cccc(-n5c6ccccc6c6c(-n7c8ccccc8c8ccccc87)ccc([Si](c7ccccc7)(c7ccccc7)c7ccccc7)c65)c43)c2)cc1. The molecule has 0 spiro atoms. The molecule has 0 aliphatic heterocycles. The Bertz CT molecular complexity index is 4130. The molecule has 0 unspecified atom stereocenters. The molecule has 14 rings (SSSR count). The summed E-state index contributed by atoms with van der Waals surface area (Å²) in [4.78, 5) is 0. The summed E-state index contributed by atoms with van der Waals surface area (Å²) in [6.45, 7) is 0. The van der Waals surface area contributed by atoms with Crippen LogP contribution in [0, 0.1) is 0 Å². The van der Waals surface area contributed by atoms with E-state index in [4.69, 9.17) is 0 Å². The molecule has 0 bridgehead atoms. The van der Waals surface area contributed by atoms with Gasteiger partial charge in [-0.05, 0) is 80.4 Å². The van der Waals surface area contributed by atoms with Crippen molar-refractivity contribution in [2.75, 3.05) is 0 Å². The fourth-order valence-electron chi connectivity index (χ4n) is 11.9. The molecule has 0 saturated heterocycles. The second kappa shape index (κ2) is 16.1. The molecule has 0 atom stereocenters. The van der Waals surface area contributed by atoms with Crippen molar-refractivity contribution in [2.24, 2.45) is 0 Å². The van der Waals surface area contributed by atoms with Crippen LogP contribution < -0.4 is 20.7 Å². The van der Waals surface area contributed by atoms with E-state index in [0.29, 0.717) is 0 Å². The zero-order valence-electron chi connectivity index (χ0n) is 38.3. The van der Waals surface area contributed by atoms with Crippen LogP contribution in [0.3, 0.4) is 0 Å². The first kappa shape index (κ1) is 40.1. The molecule has 0 fully saturated rings. The van der Waals surface area contributed by atoms with Crippen molar-refractivity contribution in [1.82, 2.24) is 13.7 Å². The lowest BCUT2D eigenvalue weighted by molar-refractivity contribution is 1.13. The predicted octanol–water partition coefficient (Wildman–Crippen LogP) is 14.0. The minimum absolute atomic E-state index is 1.12. The zero-order chi connectivity index (χ0) is 46.2. The molecular weight excluding hydrogens is 863 g/mol. The average molecular weight is 908 g/mol.